The molecule has 3 heterocycles. The molecule has 34 heavy (non-hydrogen) atoms. The van der Waals surface area contributed by atoms with E-state index in [1.165, 1.54) is 22.8 Å². The largest absolute Gasteiger partial charge is 0.506 e. The Labute approximate surface area is 200 Å². The van der Waals surface area contributed by atoms with E-state index < -0.39 is 22.7 Å². The molecular formula is C26H22ClFN4O2. The summed E-state index contributed by atoms with van der Waals surface area (Å²) < 4.78 is 15.9. The zero-order valence-corrected chi connectivity index (χ0v) is 19.9. The molecule has 1 aromatic carbocycles. The molecule has 0 aliphatic heterocycles. The fraction of sp³-hybridized carbons (Fsp3) is 0.231. The second-order valence-corrected chi connectivity index (χ2v) is 9.00. The van der Waals surface area contributed by atoms with Crippen molar-refractivity contribution < 1.29 is 9.50 Å². The lowest BCUT2D eigenvalue weighted by atomic mass is 9.96. The molecular weight excluding hydrogens is 455 g/mol. The van der Waals surface area contributed by atoms with Gasteiger partial charge in [-0.3, -0.25) is 14.3 Å². The van der Waals surface area contributed by atoms with Crippen LogP contribution in [0.3, 0.4) is 0 Å². The second-order valence-electron chi connectivity index (χ2n) is 8.59. The molecule has 1 N–H and O–H groups in total. The van der Waals surface area contributed by atoms with Gasteiger partial charge < -0.3 is 5.11 Å². The van der Waals surface area contributed by atoms with Crippen molar-refractivity contribution in [1.29, 1.82) is 5.26 Å². The van der Waals surface area contributed by atoms with Gasteiger partial charge in [0.05, 0.1) is 27.5 Å². The van der Waals surface area contributed by atoms with Gasteiger partial charge in [0.2, 0.25) is 0 Å². The minimum atomic E-state index is -0.737. The Morgan fingerprint density at radius 3 is 2.47 bits per heavy atom. The number of rotatable bonds is 4. The first-order valence-corrected chi connectivity index (χ1v) is 11.2. The molecule has 4 aromatic rings. The Morgan fingerprint density at radius 1 is 1.15 bits per heavy atom. The summed E-state index contributed by atoms with van der Waals surface area (Å²) in [6.07, 6.45) is 1.68. The van der Waals surface area contributed by atoms with Crippen LogP contribution in [0.5, 0.6) is 5.75 Å². The van der Waals surface area contributed by atoms with E-state index in [1.807, 2.05) is 33.8 Å². The molecule has 3 aromatic heterocycles. The van der Waals surface area contributed by atoms with Crippen molar-refractivity contribution in [2.45, 2.75) is 39.5 Å². The SMILES string of the molecule is CC(C)c1ccnc(C(C)C)c1-n1c(=O)c(C#N)c(O)c2cc(Cl)c(-c3ccccc3F)nc21. The van der Waals surface area contributed by atoms with Gasteiger partial charge in [-0.15, -0.1) is 0 Å². The maximum atomic E-state index is 14.6. The first-order chi connectivity index (χ1) is 16.2. The summed E-state index contributed by atoms with van der Waals surface area (Å²) in [5.41, 5.74) is 1.10. The van der Waals surface area contributed by atoms with Crippen LogP contribution in [0.15, 0.2) is 47.4 Å². The molecule has 6 nitrogen and oxygen atoms in total. The van der Waals surface area contributed by atoms with E-state index in [-0.39, 0.29) is 39.1 Å². The van der Waals surface area contributed by atoms with E-state index >= 15 is 0 Å². The third-order valence-electron chi connectivity index (χ3n) is 5.69. The van der Waals surface area contributed by atoms with E-state index in [9.17, 15) is 19.6 Å². The summed E-state index contributed by atoms with van der Waals surface area (Å²) in [5.74, 6) is -1.10. The van der Waals surface area contributed by atoms with Crippen molar-refractivity contribution in [1.82, 2.24) is 14.5 Å². The molecule has 0 amide bonds. The number of nitriles is 1. The molecule has 0 aliphatic rings. The van der Waals surface area contributed by atoms with Crippen molar-refractivity contribution in [3.63, 3.8) is 0 Å². The molecule has 8 heteroatoms. The maximum absolute atomic E-state index is 14.6. The predicted molar refractivity (Wildman–Crippen MR) is 130 cm³/mol. The topological polar surface area (TPSA) is 91.8 Å². The molecule has 0 unspecified atom stereocenters. The molecule has 0 saturated heterocycles. The fourth-order valence-corrected chi connectivity index (χ4v) is 4.29. The lowest BCUT2D eigenvalue weighted by Gasteiger charge is -2.22. The summed E-state index contributed by atoms with van der Waals surface area (Å²) in [4.78, 5) is 22.7. The van der Waals surface area contributed by atoms with Crippen LogP contribution in [-0.4, -0.2) is 19.6 Å². The average molecular weight is 477 g/mol. The van der Waals surface area contributed by atoms with Gasteiger partial charge in [-0.25, -0.2) is 9.37 Å². The van der Waals surface area contributed by atoms with Crippen LogP contribution in [-0.2, 0) is 0 Å². The van der Waals surface area contributed by atoms with Gasteiger partial charge >= 0.3 is 0 Å². The minimum absolute atomic E-state index is 0.00938. The quantitative estimate of drug-likeness (QED) is 0.386. The zero-order valence-electron chi connectivity index (χ0n) is 19.1. The van der Waals surface area contributed by atoms with Crippen molar-refractivity contribution in [2.24, 2.45) is 0 Å². The Kier molecular flexibility index (Phi) is 6.11. The number of halogens is 2. The number of hydrogen-bond acceptors (Lipinski definition) is 5. The second kappa shape index (κ2) is 8.88. The van der Waals surface area contributed by atoms with Crippen LogP contribution < -0.4 is 5.56 Å². The summed E-state index contributed by atoms with van der Waals surface area (Å²) in [5, 5.41) is 20.6. The Morgan fingerprint density at radius 2 is 1.85 bits per heavy atom. The Balaban J connectivity index is 2.26. The van der Waals surface area contributed by atoms with Gasteiger partial charge in [0.25, 0.3) is 5.56 Å². The van der Waals surface area contributed by atoms with Crippen LogP contribution >= 0.6 is 11.6 Å². The van der Waals surface area contributed by atoms with Gasteiger partial charge in [0.1, 0.15) is 17.6 Å². The van der Waals surface area contributed by atoms with Crippen molar-refractivity contribution in [3.8, 4) is 28.8 Å². The van der Waals surface area contributed by atoms with Crippen molar-refractivity contribution in [2.75, 3.05) is 0 Å². The molecule has 0 radical (unpaired) electrons. The van der Waals surface area contributed by atoms with Gasteiger partial charge in [-0.1, -0.05) is 51.4 Å². The minimum Gasteiger partial charge on any atom is -0.506 e. The average Bonchev–Trinajstić information content (AvgIpc) is 2.80. The molecule has 0 bridgehead atoms. The third-order valence-corrected chi connectivity index (χ3v) is 5.98. The van der Waals surface area contributed by atoms with Crippen LogP contribution in [0, 0.1) is 17.1 Å². The number of fused-ring (bicyclic) bond motifs is 1. The third kappa shape index (κ3) is 3.70. The Bertz CT molecular complexity index is 1510. The van der Waals surface area contributed by atoms with Gasteiger partial charge in [-0.05, 0) is 41.7 Å². The van der Waals surface area contributed by atoms with Crippen molar-refractivity contribution in [3.05, 3.63) is 80.6 Å². The smallest absolute Gasteiger partial charge is 0.278 e. The van der Waals surface area contributed by atoms with E-state index in [0.29, 0.717) is 11.4 Å². The molecule has 0 saturated carbocycles. The molecule has 0 aliphatic carbocycles. The predicted octanol–water partition coefficient (Wildman–Crippen LogP) is 6.06. The highest BCUT2D eigenvalue weighted by Crippen LogP contribution is 2.37. The van der Waals surface area contributed by atoms with Crippen LogP contribution in [0.1, 0.15) is 56.4 Å². The van der Waals surface area contributed by atoms with Gasteiger partial charge in [-0.2, -0.15) is 5.26 Å². The van der Waals surface area contributed by atoms with Crippen molar-refractivity contribution >= 4 is 22.6 Å². The normalized spacial score (nSPS) is 11.4. The molecule has 0 atom stereocenters. The number of nitrogens with zero attached hydrogens (tertiary/aromatic N) is 4. The highest BCUT2D eigenvalue weighted by atomic mass is 35.5. The highest BCUT2D eigenvalue weighted by Gasteiger charge is 2.26. The monoisotopic (exact) mass is 476 g/mol. The Hall–Kier alpha value is -3.76. The zero-order chi connectivity index (χ0) is 24.7. The molecule has 0 spiro atoms. The molecule has 4 rings (SSSR count). The number of hydrogen-bond donors (Lipinski definition) is 1. The lowest BCUT2D eigenvalue weighted by molar-refractivity contribution is 0.478. The number of benzene rings is 1. The van der Waals surface area contributed by atoms with Gasteiger partial charge in [0, 0.05) is 11.8 Å². The summed E-state index contributed by atoms with van der Waals surface area (Å²) in [6.45, 7) is 7.86. The fourth-order valence-electron chi connectivity index (χ4n) is 4.04. The molecule has 172 valence electrons. The molecule has 0 fully saturated rings. The summed E-state index contributed by atoms with van der Waals surface area (Å²) in [6, 6.07) is 11.0. The van der Waals surface area contributed by atoms with E-state index in [2.05, 4.69) is 9.97 Å². The highest BCUT2D eigenvalue weighted by molar-refractivity contribution is 6.33. The van der Waals surface area contributed by atoms with E-state index in [0.717, 1.165) is 5.56 Å². The summed E-state index contributed by atoms with van der Waals surface area (Å²) >= 11 is 6.46. The van der Waals surface area contributed by atoms with Crippen LogP contribution in [0.4, 0.5) is 4.39 Å². The number of aromatic hydroxyl groups is 1. The maximum Gasteiger partial charge on any atom is 0.278 e. The first-order valence-electron chi connectivity index (χ1n) is 10.8. The van der Waals surface area contributed by atoms with Crippen LogP contribution in [0.25, 0.3) is 28.0 Å². The van der Waals surface area contributed by atoms with E-state index in [4.69, 9.17) is 11.6 Å². The standard InChI is InChI=1S/C26H22ClFN4O2/c1-13(2)15-9-10-30-21(14(3)4)23(15)32-25-17(24(33)18(12-29)26(32)34)11-19(27)22(31-25)16-7-5-6-8-20(16)28/h5-11,13-14,33H,1-4H3. The lowest BCUT2D eigenvalue weighted by Crippen LogP contribution is -2.25. The number of pyridine rings is 3. The summed E-state index contributed by atoms with van der Waals surface area (Å²) in [7, 11) is 0. The first kappa shape index (κ1) is 23.4. The number of aromatic nitrogens is 3. The van der Waals surface area contributed by atoms with E-state index in [1.54, 1.807) is 24.4 Å². The van der Waals surface area contributed by atoms with Crippen LogP contribution in [0.2, 0.25) is 5.02 Å². The van der Waals surface area contributed by atoms with Gasteiger partial charge in [0.15, 0.2) is 11.2 Å².